The second-order valence-electron chi connectivity index (χ2n) is 4.02. The lowest BCUT2D eigenvalue weighted by Crippen LogP contribution is -2.00. The topological polar surface area (TPSA) is 12.9 Å². The summed E-state index contributed by atoms with van der Waals surface area (Å²) in [6.07, 6.45) is 1.88. The fraction of sp³-hybridized carbons (Fsp3) is 0.357. The highest BCUT2D eigenvalue weighted by Crippen LogP contribution is 2.25. The molecule has 0 aliphatic rings. The molecule has 0 amide bonds. The zero-order chi connectivity index (χ0) is 11.7. The van der Waals surface area contributed by atoms with Crippen molar-refractivity contribution >= 4 is 10.9 Å². The number of fused-ring (bicyclic) bond motifs is 1. The predicted molar refractivity (Wildman–Crippen MR) is 65.2 cm³/mol. The Kier molecular flexibility index (Phi) is 2.90. The van der Waals surface area contributed by atoms with Gasteiger partial charge in [0.1, 0.15) is 5.82 Å². The molecule has 2 heteroatoms. The van der Waals surface area contributed by atoms with Crippen molar-refractivity contribution in [3.8, 4) is 0 Å². The fourth-order valence-corrected chi connectivity index (χ4v) is 2.35. The van der Waals surface area contributed by atoms with Gasteiger partial charge in [-0.2, -0.15) is 0 Å². The van der Waals surface area contributed by atoms with Gasteiger partial charge in [0.05, 0.1) is 5.52 Å². The van der Waals surface area contributed by atoms with Crippen LogP contribution in [0.15, 0.2) is 18.2 Å². The number of hydrogen-bond acceptors (Lipinski definition) is 1. The van der Waals surface area contributed by atoms with Crippen LogP contribution in [0.2, 0.25) is 0 Å². The monoisotopic (exact) mass is 217 g/mol. The first kappa shape index (κ1) is 11.1. The zero-order valence-electron chi connectivity index (χ0n) is 9.97. The lowest BCUT2D eigenvalue weighted by molar-refractivity contribution is 0.629. The maximum atomic E-state index is 13.3. The zero-order valence-corrected chi connectivity index (χ0v) is 9.97. The van der Waals surface area contributed by atoms with Crippen LogP contribution < -0.4 is 0 Å². The summed E-state index contributed by atoms with van der Waals surface area (Å²) in [5, 5.41) is 0.963. The van der Waals surface area contributed by atoms with Crippen LogP contribution in [-0.4, -0.2) is 4.98 Å². The Bertz CT molecular complexity index is 532. The minimum absolute atomic E-state index is 0.185. The van der Waals surface area contributed by atoms with E-state index in [-0.39, 0.29) is 5.82 Å². The summed E-state index contributed by atoms with van der Waals surface area (Å²) in [7, 11) is 0. The maximum absolute atomic E-state index is 13.3. The summed E-state index contributed by atoms with van der Waals surface area (Å²) >= 11 is 0. The van der Waals surface area contributed by atoms with E-state index < -0.39 is 0 Å². The van der Waals surface area contributed by atoms with E-state index in [2.05, 4.69) is 18.8 Å². The van der Waals surface area contributed by atoms with Crippen molar-refractivity contribution in [3.05, 3.63) is 40.8 Å². The molecule has 2 rings (SSSR count). The minimum atomic E-state index is -0.185. The Hall–Kier alpha value is -1.44. The number of hydrogen-bond donors (Lipinski definition) is 0. The van der Waals surface area contributed by atoms with Gasteiger partial charge in [-0.05, 0) is 49.1 Å². The molecule has 84 valence electrons. The molecule has 0 saturated heterocycles. The molecule has 0 spiro atoms. The van der Waals surface area contributed by atoms with Gasteiger partial charge in [0.25, 0.3) is 0 Å². The summed E-state index contributed by atoms with van der Waals surface area (Å²) in [6.45, 7) is 6.26. The van der Waals surface area contributed by atoms with Crippen molar-refractivity contribution in [2.24, 2.45) is 0 Å². The van der Waals surface area contributed by atoms with Crippen LogP contribution in [0.1, 0.15) is 30.7 Å². The molecule has 1 heterocycles. The highest BCUT2D eigenvalue weighted by Gasteiger charge is 2.10. The first-order chi connectivity index (χ1) is 7.67. The molecule has 0 bridgehead atoms. The molecule has 0 fully saturated rings. The van der Waals surface area contributed by atoms with Gasteiger partial charge in [-0.1, -0.05) is 13.8 Å². The molecule has 0 N–H and O–H groups in total. The summed E-state index contributed by atoms with van der Waals surface area (Å²) in [5.74, 6) is -0.185. The predicted octanol–water partition coefficient (Wildman–Crippen LogP) is 3.81. The van der Waals surface area contributed by atoms with E-state index in [1.807, 2.05) is 6.92 Å². The molecule has 1 nitrogen and oxygen atoms in total. The number of aromatic nitrogens is 1. The highest BCUT2D eigenvalue weighted by molar-refractivity contribution is 5.83. The van der Waals surface area contributed by atoms with Crippen LogP contribution in [0.4, 0.5) is 4.39 Å². The van der Waals surface area contributed by atoms with Crippen LogP contribution in [0, 0.1) is 12.7 Å². The van der Waals surface area contributed by atoms with Crippen molar-refractivity contribution in [3.63, 3.8) is 0 Å². The molecule has 1 aromatic carbocycles. The van der Waals surface area contributed by atoms with Crippen molar-refractivity contribution in [2.45, 2.75) is 33.6 Å². The minimum Gasteiger partial charge on any atom is -0.253 e. The van der Waals surface area contributed by atoms with Crippen molar-refractivity contribution in [1.82, 2.24) is 4.98 Å². The third-order valence-electron chi connectivity index (χ3n) is 3.08. The first-order valence-corrected chi connectivity index (χ1v) is 5.75. The largest absolute Gasteiger partial charge is 0.253 e. The molecule has 0 atom stereocenters. The lowest BCUT2D eigenvalue weighted by Gasteiger charge is -2.12. The van der Waals surface area contributed by atoms with Gasteiger partial charge in [-0.15, -0.1) is 0 Å². The summed E-state index contributed by atoms with van der Waals surface area (Å²) in [4.78, 5) is 4.53. The molecule has 0 unspecified atom stereocenters. The SMILES string of the molecule is CCc1c(C)nc2ccc(F)cc2c1CC. The number of pyridine rings is 1. The number of nitrogens with zero attached hydrogens (tertiary/aromatic N) is 1. The number of rotatable bonds is 2. The fourth-order valence-electron chi connectivity index (χ4n) is 2.35. The van der Waals surface area contributed by atoms with Gasteiger partial charge < -0.3 is 0 Å². The van der Waals surface area contributed by atoms with Crippen LogP contribution in [0.25, 0.3) is 10.9 Å². The molecule has 0 saturated carbocycles. The number of halogens is 1. The van der Waals surface area contributed by atoms with Crippen LogP contribution in [0.3, 0.4) is 0 Å². The molecular formula is C14H16FN. The van der Waals surface area contributed by atoms with Gasteiger partial charge in [0, 0.05) is 11.1 Å². The normalized spacial score (nSPS) is 11.0. The summed E-state index contributed by atoms with van der Waals surface area (Å²) < 4.78 is 13.3. The number of benzene rings is 1. The van der Waals surface area contributed by atoms with Crippen LogP contribution in [-0.2, 0) is 12.8 Å². The van der Waals surface area contributed by atoms with Crippen LogP contribution >= 0.6 is 0 Å². The molecule has 2 aromatic rings. The van der Waals surface area contributed by atoms with Gasteiger partial charge in [-0.25, -0.2) is 4.39 Å². The number of aryl methyl sites for hydroxylation is 2. The Balaban J connectivity index is 2.86. The Morgan fingerprint density at radius 2 is 1.81 bits per heavy atom. The second-order valence-corrected chi connectivity index (χ2v) is 4.02. The van der Waals surface area contributed by atoms with E-state index in [1.165, 1.54) is 17.2 Å². The Labute approximate surface area is 95.3 Å². The second kappa shape index (κ2) is 4.20. The molecular weight excluding hydrogens is 201 g/mol. The Morgan fingerprint density at radius 1 is 1.12 bits per heavy atom. The van der Waals surface area contributed by atoms with E-state index in [0.717, 1.165) is 29.4 Å². The quantitative estimate of drug-likeness (QED) is 0.745. The van der Waals surface area contributed by atoms with Crippen molar-refractivity contribution < 1.29 is 4.39 Å². The van der Waals surface area contributed by atoms with Crippen LogP contribution in [0.5, 0.6) is 0 Å². The van der Waals surface area contributed by atoms with Gasteiger partial charge in [-0.3, -0.25) is 4.98 Å². The average Bonchev–Trinajstić information content (AvgIpc) is 2.28. The smallest absolute Gasteiger partial charge is 0.123 e. The van der Waals surface area contributed by atoms with Crippen molar-refractivity contribution in [1.29, 1.82) is 0 Å². The summed E-state index contributed by atoms with van der Waals surface area (Å²) in [6, 6.07) is 4.83. The summed E-state index contributed by atoms with van der Waals surface area (Å²) in [5.41, 5.74) is 4.47. The molecule has 1 aromatic heterocycles. The lowest BCUT2D eigenvalue weighted by atomic mass is 9.97. The Morgan fingerprint density at radius 3 is 2.44 bits per heavy atom. The molecule has 0 radical (unpaired) electrons. The highest BCUT2D eigenvalue weighted by atomic mass is 19.1. The van der Waals surface area contributed by atoms with E-state index in [1.54, 1.807) is 12.1 Å². The van der Waals surface area contributed by atoms with E-state index in [0.29, 0.717) is 0 Å². The molecule has 0 aliphatic carbocycles. The van der Waals surface area contributed by atoms with E-state index in [9.17, 15) is 4.39 Å². The van der Waals surface area contributed by atoms with Gasteiger partial charge in [0.15, 0.2) is 0 Å². The van der Waals surface area contributed by atoms with E-state index in [4.69, 9.17) is 0 Å². The van der Waals surface area contributed by atoms with Gasteiger partial charge >= 0.3 is 0 Å². The van der Waals surface area contributed by atoms with Gasteiger partial charge in [0.2, 0.25) is 0 Å². The third kappa shape index (κ3) is 1.69. The maximum Gasteiger partial charge on any atom is 0.123 e. The standard InChI is InChI=1S/C14H16FN/c1-4-11-9(3)16-14-7-6-10(15)8-13(14)12(11)5-2/h6-8H,4-5H2,1-3H3. The van der Waals surface area contributed by atoms with Crippen molar-refractivity contribution in [2.75, 3.05) is 0 Å². The van der Waals surface area contributed by atoms with E-state index >= 15 is 0 Å². The first-order valence-electron chi connectivity index (χ1n) is 5.75. The molecule has 0 aliphatic heterocycles. The average molecular weight is 217 g/mol. The third-order valence-corrected chi connectivity index (χ3v) is 3.08. The molecule has 16 heavy (non-hydrogen) atoms.